The molecular weight excluding hydrogens is 336 g/mol. The fourth-order valence-electron chi connectivity index (χ4n) is 3.38. The number of sulfonamides is 1. The van der Waals surface area contributed by atoms with E-state index in [1.54, 1.807) is 24.3 Å². The van der Waals surface area contributed by atoms with Crippen molar-refractivity contribution in [3.8, 4) is 11.4 Å². The molecule has 0 saturated carbocycles. The van der Waals surface area contributed by atoms with Crippen LogP contribution in [0.5, 0.6) is 0 Å². The van der Waals surface area contributed by atoms with Gasteiger partial charge in [0.1, 0.15) is 5.82 Å². The Labute approximate surface area is 150 Å². The molecule has 0 bridgehead atoms. The van der Waals surface area contributed by atoms with Gasteiger partial charge >= 0.3 is 0 Å². The predicted octanol–water partition coefficient (Wildman–Crippen LogP) is 2.70. The number of aromatic nitrogens is 3. The lowest BCUT2D eigenvalue weighted by molar-refractivity contribution is 0.244. The van der Waals surface area contributed by atoms with Crippen molar-refractivity contribution in [1.82, 2.24) is 18.8 Å². The minimum Gasteiger partial charge on any atom is -0.328 e. The summed E-state index contributed by atoms with van der Waals surface area (Å²) in [7, 11) is -3.19. The highest BCUT2D eigenvalue weighted by atomic mass is 32.2. The van der Waals surface area contributed by atoms with Crippen LogP contribution in [0, 0.1) is 12.8 Å². The van der Waals surface area contributed by atoms with E-state index in [4.69, 9.17) is 0 Å². The normalized spacial score (nSPS) is 19.4. The summed E-state index contributed by atoms with van der Waals surface area (Å²) < 4.78 is 28.8. The van der Waals surface area contributed by atoms with E-state index in [1.807, 2.05) is 31.5 Å². The van der Waals surface area contributed by atoms with Gasteiger partial charge in [-0.3, -0.25) is 4.98 Å². The molecule has 3 heterocycles. The summed E-state index contributed by atoms with van der Waals surface area (Å²) in [6.07, 6.45) is 7.38. The Balaban J connectivity index is 1.80. The summed E-state index contributed by atoms with van der Waals surface area (Å²) in [6, 6.07) is 3.91. The third kappa shape index (κ3) is 3.77. The molecule has 0 radical (unpaired) electrons. The zero-order valence-corrected chi connectivity index (χ0v) is 15.9. The molecule has 0 amide bonds. The molecule has 0 spiro atoms. The molecule has 0 aliphatic carbocycles. The number of hydrogen-bond donors (Lipinski definition) is 0. The average molecular weight is 362 g/mol. The molecule has 1 saturated heterocycles. The topological polar surface area (TPSA) is 68.1 Å². The monoisotopic (exact) mass is 362 g/mol. The maximum Gasteiger partial charge on any atom is 0.216 e. The summed E-state index contributed by atoms with van der Waals surface area (Å²) in [5.41, 5.74) is 2.07. The molecule has 1 aliphatic rings. The molecule has 1 unspecified atom stereocenters. The van der Waals surface area contributed by atoms with Crippen LogP contribution in [0.1, 0.15) is 32.4 Å². The van der Waals surface area contributed by atoms with E-state index in [1.165, 1.54) is 0 Å². The molecule has 0 aromatic carbocycles. The lowest BCUT2D eigenvalue weighted by Crippen LogP contribution is -2.44. The van der Waals surface area contributed by atoms with E-state index in [0.717, 1.165) is 36.5 Å². The molecule has 2 aromatic heterocycles. The standard InChI is InChI=1S/C18H26N4O2S/c1-14(2)25(23,24)21-9-5-6-16(12-21)13-22-15(3)10-20-18(22)17-7-4-8-19-11-17/h4,7-8,10-11,14,16H,5-6,9,12-13H2,1-3H3. The maximum absolute atomic E-state index is 12.5. The molecule has 1 aliphatic heterocycles. The first-order valence-corrected chi connectivity index (χ1v) is 10.3. The fourth-order valence-corrected chi connectivity index (χ4v) is 4.78. The van der Waals surface area contributed by atoms with E-state index in [9.17, 15) is 8.42 Å². The number of pyridine rings is 1. The Hall–Kier alpha value is -1.73. The van der Waals surface area contributed by atoms with Crippen LogP contribution in [-0.4, -0.2) is 45.6 Å². The summed E-state index contributed by atoms with van der Waals surface area (Å²) in [4.78, 5) is 8.72. The molecule has 7 heteroatoms. The zero-order valence-electron chi connectivity index (χ0n) is 15.1. The lowest BCUT2D eigenvalue weighted by Gasteiger charge is -2.33. The first-order valence-electron chi connectivity index (χ1n) is 8.81. The van der Waals surface area contributed by atoms with Crippen LogP contribution in [0.4, 0.5) is 0 Å². The summed E-state index contributed by atoms with van der Waals surface area (Å²) in [5.74, 6) is 1.19. The number of piperidine rings is 1. The second-order valence-corrected chi connectivity index (χ2v) is 9.52. The van der Waals surface area contributed by atoms with E-state index in [2.05, 4.69) is 14.5 Å². The van der Waals surface area contributed by atoms with Crippen molar-refractivity contribution in [2.24, 2.45) is 5.92 Å². The molecule has 0 N–H and O–H groups in total. The van der Waals surface area contributed by atoms with Crippen LogP contribution in [-0.2, 0) is 16.6 Å². The van der Waals surface area contributed by atoms with Crippen molar-refractivity contribution >= 4 is 10.0 Å². The van der Waals surface area contributed by atoms with Gasteiger partial charge in [0.05, 0.1) is 5.25 Å². The van der Waals surface area contributed by atoms with E-state index < -0.39 is 10.0 Å². The van der Waals surface area contributed by atoms with Crippen LogP contribution in [0.2, 0.25) is 0 Å². The van der Waals surface area contributed by atoms with Crippen LogP contribution >= 0.6 is 0 Å². The molecule has 2 aromatic rings. The van der Waals surface area contributed by atoms with Crippen molar-refractivity contribution in [3.63, 3.8) is 0 Å². The lowest BCUT2D eigenvalue weighted by atomic mass is 9.99. The summed E-state index contributed by atoms with van der Waals surface area (Å²) in [5, 5.41) is -0.368. The van der Waals surface area contributed by atoms with E-state index in [-0.39, 0.29) is 5.25 Å². The second-order valence-electron chi connectivity index (χ2n) is 7.04. The summed E-state index contributed by atoms with van der Waals surface area (Å²) in [6.45, 7) is 7.54. The molecular formula is C18H26N4O2S. The SMILES string of the molecule is Cc1cnc(-c2cccnc2)n1CC1CCCN(S(=O)(=O)C(C)C)C1. The van der Waals surface area contributed by atoms with Crippen LogP contribution < -0.4 is 0 Å². The highest BCUT2D eigenvalue weighted by Crippen LogP contribution is 2.26. The Morgan fingerprint density at radius 2 is 2.12 bits per heavy atom. The molecule has 1 atom stereocenters. The Kier molecular flexibility index (Phi) is 5.24. The van der Waals surface area contributed by atoms with Crippen LogP contribution in [0.25, 0.3) is 11.4 Å². The van der Waals surface area contributed by atoms with Gasteiger partial charge in [0.15, 0.2) is 0 Å². The largest absolute Gasteiger partial charge is 0.328 e. The molecule has 1 fully saturated rings. The number of hydrogen-bond acceptors (Lipinski definition) is 4. The first kappa shape index (κ1) is 18.1. The zero-order chi connectivity index (χ0) is 18.0. The molecule has 25 heavy (non-hydrogen) atoms. The van der Waals surface area contributed by atoms with Crippen molar-refractivity contribution in [2.75, 3.05) is 13.1 Å². The van der Waals surface area contributed by atoms with Crippen molar-refractivity contribution < 1.29 is 8.42 Å². The molecule has 6 nitrogen and oxygen atoms in total. The van der Waals surface area contributed by atoms with Crippen molar-refractivity contribution in [3.05, 3.63) is 36.4 Å². The van der Waals surface area contributed by atoms with Crippen molar-refractivity contribution in [2.45, 2.75) is 45.4 Å². The Morgan fingerprint density at radius 3 is 2.80 bits per heavy atom. The Morgan fingerprint density at radius 1 is 1.32 bits per heavy atom. The quantitative estimate of drug-likeness (QED) is 0.820. The first-order chi connectivity index (χ1) is 11.9. The highest BCUT2D eigenvalue weighted by Gasteiger charge is 2.31. The predicted molar refractivity (Wildman–Crippen MR) is 98.5 cm³/mol. The maximum atomic E-state index is 12.5. The number of rotatable bonds is 5. The second kappa shape index (κ2) is 7.25. The van der Waals surface area contributed by atoms with Crippen LogP contribution in [0.3, 0.4) is 0 Å². The molecule has 136 valence electrons. The highest BCUT2D eigenvalue weighted by molar-refractivity contribution is 7.89. The van der Waals surface area contributed by atoms with Gasteiger partial charge in [0.2, 0.25) is 10.0 Å². The third-order valence-corrected chi connectivity index (χ3v) is 7.10. The number of aryl methyl sites for hydroxylation is 1. The average Bonchev–Trinajstić information content (AvgIpc) is 2.96. The third-order valence-electron chi connectivity index (χ3n) is 4.85. The van der Waals surface area contributed by atoms with Gasteiger partial charge in [-0.15, -0.1) is 0 Å². The molecule has 3 rings (SSSR count). The fraction of sp³-hybridized carbons (Fsp3) is 0.556. The van der Waals surface area contributed by atoms with Gasteiger partial charge in [0.25, 0.3) is 0 Å². The van der Waals surface area contributed by atoms with Gasteiger partial charge in [-0.25, -0.2) is 17.7 Å². The van der Waals surface area contributed by atoms with Gasteiger partial charge in [-0.1, -0.05) is 0 Å². The van der Waals surface area contributed by atoms with Crippen LogP contribution in [0.15, 0.2) is 30.7 Å². The van der Waals surface area contributed by atoms with E-state index >= 15 is 0 Å². The minimum absolute atomic E-state index is 0.297. The van der Waals surface area contributed by atoms with Crippen molar-refractivity contribution in [1.29, 1.82) is 0 Å². The van der Waals surface area contributed by atoms with E-state index in [0.29, 0.717) is 19.0 Å². The van der Waals surface area contributed by atoms with Gasteiger partial charge in [-0.2, -0.15) is 0 Å². The minimum atomic E-state index is -3.19. The summed E-state index contributed by atoms with van der Waals surface area (Å²) >= 11 is 0. The number of imidazole rings is 1. The van der Waals surface area contributed by atoms with Gasteiger partial charge in [0, 0.05) is 49.5 Å². The van der Waals surface area contributed by atoms with Gasteiger partial charge in [-0.05, 0) is 51.7 Å². The Bertz CT molecular complexity index is 815. The van der Waals surface area contributed by atoms with Gasteiger partial charge < -0.3 is 4.57 Å². The number of nitrogens with zero attached hydrogens (tertiary/aromatic N) is 4. The smallest absolute Gasteiger partial charge is 0.216 e.